The highest BCUT2D eigenvalue weighted by atomic mass is 16.5. The zero-order valence-electron chi connectivity index (χ0n) is 14.2. The van der Waals surface area contributed by atoms with Crippen LogP contribution in [-0.2, 0) is 0 Å². The number of fused-ring (bicyclic) bond motifs is 2. The Labute approximate surface area is 143 Å². The highest BCUT2D eigenvalue weighted by molar-refractivity contribution is 5.42. The van der Waals surface area contributed by atoms with Gasteiger partial charge in [-0.2, -0.15) is 0 Å². The molecule has 0 spiro atoms. The van der Waals surface area contributed by atoms with Gasteiger partial charge in [0.25, 0.3) is 0 Å². The number of hydrogen-bond donors (Lipinski definition) is 2. The lowest BCUT2D eigenvalue weighted by Crippen LogP contribution is -2.43. The Kier molecular flexibility index (Phi) is 3.94. The van der Waals surface area contributed by atoms with E-state index in [2.05, 4.69) is 49.5 Å². The summed E-state index contributed by atoms with van der Waals surface area (Å²) in [6.07, 6.45) is 1.63. The summed E-state index contributed by atoms with van der Waals surface area (Å²) in [4.78, 5) is 0. The first-order valence-electron chi connectivity index (χ1n) is 8.62. The van der Waals surface area contributed by atoms with Gasteiger partial charge < -0.3 is 15.2 Å². The summed E-state index contributed by atoms with van der Waals surface area (Å²) >= 11 is 0. The zero-order valence-corrected chi connectivity index (χ0v) is 14.2. The molecule has 0 aromatic heterocycles. The first kappa shape index (κ1) is 15.5. The van der Waals surface area contributed by atoms with E-state index in [0.717, 1.165) is 36.5 Å². The Balaban J connectivity index is 1.55. The van der Waals surface area contributed by atoms with Crippen LogP contribution in [0.25, 0.3) is 0 Å². The highest BCUT2D eigenvalue weighted by Gasteiger charge is 2.30. The van der Waals surface area contributed by atoms with Crippen molar-refractivity contribution in [3.8, 4) is 11.5 Å². The number of nitrogens with two attached hydrogens (primary N) is 1. The summed E-state index contributed by atoms with van der Waals surface area (Å²) in [5.41, 5.74) is 11.2. The van der Waals surface area contributed by atoms with Crippen LogP contribution in [0.15, 0.2) is 36.4 Å². The molecule has 3 N–H and O–H groups in total. The van der Waals surface area contributed by atoms with Crippen molar-refractivity contribution in [3.63, 3.8) is 0 Å². The van der Waals surface area contributed by atoms with Crippen molar-refractivity contribution in [2.24, 2.45) is 5.73 Å². The first-order chi connectivity index (χ1) is 11.6. The molecule has 0 saturated heterocycles. The van der Waals surface area contributed by atoms with Crippen LogP contribution >= 0.6 is 0 Å². The van der Waals surface area contributed by atoms with E-state index in [1.54, 1.807) is 0 Å². The van der Waals surface area contributed by atoms with Gasteiger partial charge in [-0.25, -0.2) is 0 Å². The smallest absolute Gasteiger partial charge is 0.152 e. The van der Waals surface area contributed by atoms with Crippen LogP contribution in [0.2, 0.25) is 0 Å². The monoisotopic (exact) mass is 324 g/mol. The third kappa shape index (κ3) is 2.87. The number of nitrogens with one attached hydrogen (secondary N) is 1. The summed E-state index contributed by atoms with van der Waals surface area (Å²) in [6.45, 7) is 4.92. The zero-order chi connectivity index (χ0) is 16.7. The average molecular weight is 324 g/mol. The summed E-state index contributed by atoms with van der Waals surface area (Å²) in [5.74, 6) is 1.87. The summed E-state index contributed by atoms with van der Waals surface area (Å²) in [5, 5.41) is 3.64. The minimum Gasteiger partial charge on any atom is -0.493 e. The van der Waals surface area contributed by atoms with Crippen molar-refractivity contribution < 1.29 is 9.47 Å². The van der Waals surface area contributed by atoms with E-state index in [9.17, 15) is 0 Å². The normalized spacial score (nSPS) is 25.2. The predicted molar refractivity (Wildman–Crippen MR) is 94.3 cm³/mol. The number of rotatable bonds is 2. The quantitative estimate of drug-likeness (QED) is 0.887. The fourth-order valence-electron chi connectivity index (χ4n) is 3.64. The van der Waals surface area contributed by atoms with Crippen molar-refractivity contribution in [3.05, 3.63) is 58.7 Å². The Morgan fingerprint density at radius 3 is 2.50 bits per heavy atom. The molecule has 24 heavy (non-hydrogen) atoms. The van der Waals surface area contributed by atoms with E-state index in [4.69, 9.17) is 15.2 Å². The standard InChI is InChI=1S/C20H24N2O2/c1-12-4-6-19-14(9-12)16(21)11-20(24-19)22-17-7-8-23-18-5-3-13(2)10-15(17)18/h3-6,9-10,16-17,20,22H,7-8,11,21H2,1-2H3. The van der Waals surface area contributed by atoms with E-state index < -0.39 is 0 Å². The molecule has 0 radical (unpaired) electrons. The maximum Gasteiger partial charge on any atom is 0.152 e. The Hall–Kier alpha value is -2.04. The van der Waals surface area contributed by atoms with Gasteiger partial charge >= 0.3 is 0 Å². The Morgan fingerprint density at radius 2 is 1.71 bits per heavy atom. The summed E-state index contributed by atoms with van der Waals surface area (Å²) < 4.78 is 12.0. The van der Waals surface area contributed by atoms with E-state index in [-0.39, 0.29) is 18.3 Å². The van der Waals surface area contributed by atoms with Gasteiger partial charge in [-0.15, -0.1) is 0 Å². The summed E-state index contributed by atoms with van der Waals surface area (Å²) in [6, 6.07) is 12.8. The molecule has 0 bridgehead atoms. The molecule has 126 valence electrons. The van der Waals surface area contributed by atoms with Crippen LogP contribution in [0, 0.1) is 13.8 Å². The van der Waals surface area contributed by atoms with Crippen molar-refractivity contribution in [1.29, 1.82) is 0 Å². The largest absolute Gasteiger partial charge is 0.493 e. The molecule has 0 amide bonds. The van der Waals surface area contributed by atoms with Crippen LogP contribution in [0.3, 0.4) is 0 Å². The van der Waals surface area contributed by atoms with E-state index >= 15 is 0 Å². The minimum atomic E-state index is -0.0772. The van der Waals surface area contributed by atoms with Gasteiger partial charge in [0.05, 0.1) is 6.61 Å². The van der Waals surface area contributed by atoms with Gasteiger partial charge in [-0.3, -0.25) is 5.32 Å². The van der Waals surface area contributed by atoms with Gasteiger partial charge in [0, 0.05) is 36.1 Å². The number of aryl methyl sites for hydroxylation is 2. The molecule has 0 saturated carbocycles. The Morgan fingerprint density at radius 1 is 1.00 bits per heavy atom. The molecule has 2 aliphatic heterocycles. The first-order valence-corrected chi connectivity index (χ1v) is 8.62. The third-order valence-electron chi connectivity index (χ3n) is 4.89. The topological polar surface area (TPSA) is 56.5 Å². The molecule has 2 aliphatic rings. The molecular formula is C20H24N2O2. The summed E-state index contributed by atoms with van der Waals surface area (Å²) in [7, 11) is 0. The molecule has 3 unspecified atom stereocenters. The second-order valence-electron chi connectivity index (χ2n) is 6.89. The molecule has 4 rings (SSSR count). The maximum absolute atomic E-state index is 6.38. The van der Waals surface area contributed by atoms with Gasteiger partial charge in [0.1, 0.15) is 11.5 Å². The van der Waals surface area contributed by atoms with Crippen LogP contribution in [0.1, 0.15) is 47.2 Å². The molecule has 0 fully saturated rings. The Bertz CT molecular complexity index is 759. The lowest BCUT2D eigenvalue weighted by atomic mass is 9.95. The molecule has 2 heterocycles. The number of hydrogen-bond acceptors (Lipinski definition) is 4. The minimum absolute atomic E-state index is 0.00275. The van der Waals surface area contributed by atoms with Crippen molar-refractivity contribution in [2.45, 2.75) is 45.0 Å². The third-order valence-corrected chi connectivity index (χ3v) is 4.89. The van der Waals surface area contributed by atoms with Crippen LogP contribution in [0.4, 0.5) is 0 Å². The van der Waals surface area contributed by atoms with Crippen molar-refractivity contribution in [2.75, 3.05) is 6.61 Å². The molecule has 3 atom stereocenters. The maximum atomic E-state index is 6.38. The second-order valence-corrected chi connectivity index (χ2v) is 6.89. The van der Waals surface area contributed by atoms with Crippen molar-refractivity contribution in [1.82, 2.24) is 5.32 Å². The lowest BCUT2D eigenvalue weighted by molar-refractivity contribution is 0.101. The number of ether oxygens (including phenoxy) is 2. The fraction of sp³-hybridized carbons (Fsp3) is 0.400. The SMILES string of the molecule is Cc1ccc2c(c1)C(N)CC(NC1CCOc3ccc(C)cc31)O2. The van der Waals surface area contributed by atoms with Gasteiger partial charge in [-0.05, 0) is 26.0 Å². The predicted octanol–water partition coefficient (Wildman–Crippen LogP) is 3.53. The van der Waals surface area contributed by atoms with Gasteiger partial charge in [-0.1, -0.05) is 35.4 Å². The molecule has 0 aliphatic carbocycles. The second kappa shape index (κ2) is 6.11. The van der Waals surface area contributed by atoms with Crippen LogP contribution in [-0.4, -0.2) is 12.8 Å². The lowest BCUT2D eigenvalue weighted by Gasteiger charge is -2.35. The fourth-order valence-corrected chi connectivity index (χ4v) is 3.64. The van der Waals surface area contributed by atoms with Crippen LogP contribution in [0.5, 0.6) is 11.5 Å². The average Bonchev–Trinajstić information content (AvgIpc) is 2.56. The molecule has 4 heteroatoms. The van der Waals surface area contributed by atoms with Crippen LogP contribution < -0.4 is 20.5 Å². The van der Waals surface area contributed by atoms with Gasteiger partial charge in [0.15, 0.2) is 6.23 Å². The van der Waals surface area contributed by atoms with Gasteiger partial charge in [0.2, 0.25) is 0 Å². The van der Waals surface area contributed by atoms with Crippen molar-refractivity contribution >= 4 is 0 Å². The van der Waals surface area contributed by atoms with E-state index in [1.807, 2.05) is 6.07 Å². The highest BCUT2D eigenvalue weighted by Crippen LogP contribution is 2.37. The van der Waals surface area contributed by atoms with E-state index in [1.165, 1.54) is 16.7 Å². The molecule has 4 nitrogen and oxygen atoms in total. The molecule has 2 aromatic carbocycles. The number of benzene rings is 2. The van der Waals surface area contributed by atoms with E-state index in [0.29, 0.717) is 0 Å². The molecule has 2 aromatic rings. The molecular weight excluding hydrogens is 300 g/mol.